The number of ether oxygens (including phenoxy) is 2. The van der Waals surface area contributed by atoms with Crippen LogP contribution in [0.2, 0.25) is 5.02 Å². The lowest BCUT2D eigenvalue weighted by atomic mass is 10.2. The number of anilines is 2. The summed E-state index contributed by atoms with van der Waals surface area (Å²) in [5, 5.41) is 5.52. The summed E-state index contributed by atoms with van der Waals surface area (Å²) in [5.74, 6) is -0.856. The molecule has 0 heterocycles. The van der Waals surface area contributed by atoms with Gasteiger partial charge in [0.25, 0.3) is 5.91 Å². The number of halogens is 2. The SMILES string of the molecule is COc1ccc(NC(=O)CCOCC(C)C)cc1NC(=O)c1ccc(Cl)cc1F. The Morgan fingerprint density at radius 2 is 1.90 bits per heavy atom. The van der Waals surface area contributed by atoms with Gasteiger partial charge in [-0.2, -0.15) is 0 Å². The lowest BCUT2D eigenvalue weighted by molar-refractivity contribution is -0.117. The smallest absolute Gasteiger partial charge is 0.258 e. The second kappa shape index (κ2) is 10.8. The highest BCUT2D eigenvalue weighted by atomic mass is 35.5. The van der Waals surface area contributed by atoms with E-state index in [0.29, 0.717) is 36.3 Å². The van der Waals surface area contributed by atoms with E-state index in [1.165, 1.54) is 25.3 Å². The Hall–Kier alpha value is -2.64. The lowest BCUT2D eigenvalue weighted by Crippen LogP contribution is -2.17. The third-order valence-electron chi connectivity index (χ3n) is 3.83. The molecular weight excluding hydrogens is 399 g/mol. The van der Waals surface area contributed by atoms with Gasteiger partial charge in [0.1, 0.15) is 11.6 Å². The Morgan fingerprint density at radius 3 is 2.55 bits per heavy atom. The molecule has 0 fully saturated rings. The van der Waals surface area contributed by atoms with Crippen LogP contribution in [0.25, 0.3) is 0 Å². The molecule has 0 aromatic heterocycles. The van der Waals surface area contributed by atoms with Crippen molar-refractivity contribution in [1.29, 1.82) is 0 Å². The summed E-state index contributed by atoms with van der Waals surface area (Å²) in [4.78, 5) is 24.5. The first-order valence-corrected chi connectivity index (χ1v) is 9.50. The van der Waals surface area contributed by atoms with E-state index in [4.69, 9.17) is 21.1 Å². The average molecular weight is 423 g/mol. The number of amides is 2. The van der Waals surface area contributed by atoms with Crippen LogP contribution in [-0.2, 0) is 9.53 Å². The summed E-state index contributed by atoms with van der Waals surface area (Å²) in [6.07, 6.45) is 0.205. The third kappa shape index (κ3) is 7.03. The molecule has 156 valence electrons. The highest BCUT2D eigenvalue weighted by Crippen LogP contribution is 2.29. The molecule has 6 nitrogen and oxygen atoms in total. The Balaban J connectivity index is 2.06. The molecule has 0 bridgehead atoms. The van der Waals surface area contributed by atoms with Crippen molar-refractivity contribution in [2.75, 3.05) is 31.0 Å². The zero-order chi connectivity index (χ0) is 21.4. The molecule has 0 saturated heterocycles. The predicted octanol–water partition coefficient (Wildman–Crippen LogP) is 4.74. The van der Waals surface area contributed by atoms with Crippen LogP contribution in [0.3, 0.4) is 0 Å². The second-order valence-electron chi connectivity index (χ2n) is 6.76. The van der Waals surface area contributed by atoms with Crippen LogP contribution in [0.4, 0.5) is 15.8 Å². The average Bonchev–Trinajstić information content (AvgIpc) is 2.65. The lowest BCUT2D eigenvalue weighted by Gasteiger charge is -2.13. The highest BCUT2D eigenvalue weighted by Gasteiger charge is 2.15. The maximum absolute atomic E-state index is 14.0. The molecule has 0 saturated carbocycles. The van der Waals surface area contributed by atoms with Crippen molar-refractivity contribution in [2.24, 2.45) is 5.92 Å². The molecule has 0 radical (unpaired) electrons. The first-order valence-electron chi connectivity index (χ1n) is 9.12. The number of hydrogen-bond donors (Lipinski definition) is 2. The van der Waals surface area contributed by atoms with Crippen LogP contribution >= 0.6 is 11.6 Å². The van der Waals surface area contributed by atoms with Crippen molar-refractivity contribution in [3.63, 3.8) is 0 Å². The van der Waals surface area contributed by atoms with Crippen LogP contribution in [0.5, 0.6) is 5.75 Å². The van der Waals surface area contributed by atoms with Gasteiger partial charge in [-0.1, -0.05) is 25.4 Å². The van der Waals surface area contributed by atoms with Crippen LogP contribution in [0.1, 0.15) is 30.6 Å². The maximum Gasteiger partial charge on any atom is 0.258 e. The summed E-state index contributed by atoms with van der Waals surface area (Å²) in [7, 11) is 1.44. The van der Waals surface area contributed by atoms with Crippen LogP contribution in [0, 0.1) is 11.7 Å². The van der Waals surface area contributed by atoms with E-state index in [1.54, 1.807) is 12.1 Å². The van der Waals surface area contributed by atoms with Crippen molar-refractivity contribution in [3.8, 4) is 5.75 Å². The molecule has 0 atom stereocenters. The minimum atomic E-state index is -0.736. The molecule has 2 amide bonds. The zero-order valence-electron chi connectivity index (χ0n) is 16.6. The molecule has 8 heteroatoms. The molecule has 2 rings (SSSR count). The molecular formula is C21H24ClFN2O4. The molecule has 2 aromatic carbocycles. The number of hydrogen-bond acceptors (Lipinski definition) is 4. The van der Waals surface area contributed by atoms with Crippen molar-refractivity contribution in [3.05, 3.63) is 52.8 Å². The van der Waals surface area contributed by atoms with Crippen LogP contribution < -0.4 is 15.4 Å². The number of methoxy groups -OCH3 is 1. The minimum Gasteiger partial charge on any atom is -0.495 e. The summed E-state index contributed by atoms with van der Waals surface area (Å²) >= 11 is 5.72. The summed E-state index contributed by atoms with van der Waals surface area (Å²) in [5.41, 5.74) is 0.598. The molecule has 0 unspecified atom stereocenters. The van der Waals surface area contributed by atoms with Gasteiger partial charge in [-0.15, -0.1) is 0 Å². The number of carbonyl (C=O) groups excluding carboxylic acids is 2. The van der Waals surface area contributed by atoms with Gasteiger partial charge in [0.05, 0.1) is 31.4 Å². The summed E-state index contributed by atoms with van der Waals surface area (Å²) in [6.45, 7) is 4.97. The van der Waals surface area contributed by atoms with Gasteiger partial charge in [-0.3, -0.25) is 9.59 Å². The predicted molar refractivity (Wildman–Crippen MR) is 111 cm³/mol. The fourth-order valence-electron chi connectivity index (χ4n) is 2.45. The van der Waals surface area contributed by atoms with Gasteiger partial charge in [-0.05, 0) is 42.3 Å². The van der Waals surface area contributed by atoms with Gasteiger partial charge in [0.15, 0.2) is 0 Å². The topological polar surface area (TPSA) is 76.7 Å². The van der Waals surface area contributed by atoms with Gasteiger partial charge < -0.3 is 20.1 Å². The molecule has 0 spiro atoms. The second-order valence-corrected chi connectivity index (χ2v) is 7.20. The number of rotatable bonds is 9. The Kier molecular flexibility index (Phi) is 8.42. The quantitative estimate of drug-likeness (QED) is 0.572. The fraction of sp³-hybridized carbons (Fsp3) is 0.333. The molecule has 2 N–H and O–H groups in total. The Morgan fingerprint density at radius 1 is 1.14 bits per heavy atom. The van der Waals surface area contributed by atoms with E-state index in [9.17, 15) is 14.0 Å². The van der Waals surface area contributed by atoms with E-state index >= 15 is 0 Å². The number of benzene rings is 2. The van der Waals surface area contributed by atoms with Crippen molar-refractivity contribution >= 4 is 34.8 Å². The largest absolute Gasteiger partial charge is 0.495 e. The molecule has 2 aromatic rings. The summed E-state index contributed by atoms with van der Waals surface area (Å²) in [6, 6.07) is 8.56. The van der Waals surface area contributed by atoms with Gasteiger partial charge in [-0.25, -0.2) is 4.39 Å². The first-order chi connectivity index (χ1) is 13.8. The van der Waals surface area contributed by atoms with Crippen molar-refractivity contribution < 1.29 is 23.5 Å². The molecule has 0 aliphatic rings. The first kappa shape index (κ1) is 22.6. The fourth-order valence-corrected chi connectivity index (χ4v) is 2.61. The van der Waals surface area contributed by atoms with E-state index in [0.717, 1.165) is 6.07 Å². The van der Waals surface area contributed by atoms with Crippen LogP contribution in [0.15, 0.2) is 36.4 Å². The van der Waals surface area contributed by atoms with Crippen molar-refractivity contribution in [2.45, 2.75) is 20.3 Å². The minimum absolute atomic E-state index is 0.159. The third-order valence-corrected chi connectivity index (χ3v) is 4.07. The Bertz CT molecular complexity index is 874. The zero-order valence-corrected chi connectivity index (χ0v) is 17.3. The molecule has 0 aliphatic carbocycles. The van der Waals surface area contributed by atoms with Crippen LogP contribution in [-0.4, -0.2) is 32.1 Å². The standard InChI is InChI=1S/C21H24ClFN2O4/c1-13(2)12-29-9-8-20(26)24-15-5-7-19(28-3)18(11-15)25-21(27)16-6-4-14(22)10-17(16)23/h4-7,10-11,13H,8-9,12H2,1-3H3,(H,24,26)(H,25,27). The van der Waals surface area contributed by atoms with E-state index in [2.05, 4.69) is 10.6 Å². The molecule has 0 aliphatic heterocycles. The van der Waals surface area contributed by atoms with Gasteiger partial charge in [0, 0.05) is 17.3 Å². The van der Waals surface area contributed by atoms with Gasteiger partial charge >= 0.3 is 0 Å². The van der Waals surface area contributed by atoms with Crippen molar-refractivity contribution in [1.82, 2.24) is 0 Å². The maximum atomic E-state index is 14.0. The van der Waals surface area contributed by atoms with E-state index in [1.807, 2.05) is 13.8 Å². The van der Waals surface area contributed by atoms with Gasteiger partial charge in [0.2, 0.25) is 5.91 Å². The summed E-state index contributed by atoms with van der Waals surface area (Å²) < 4.78 is 24.6. The normalized spacial score (nSPS) is 10.7. The van der Waals surface area contributed by atoms with E-state index < -0.39 is 11.7 Å². The monoisotopic (exact) mass is 422 g/mol. The number of carbonyl (C=O) groups is 2. The highest BCUT2D eigenvalue weighted by molar-refractivity contribution is 6.30. The Labute approximate surface area is 174 Å². The molecule has 29 heavy (non-hydrogen) atoms. The number of nitrogens with one attached hydrogen (secondary N) is 2. The van der Waals surface area contributed by atoms with E-state index in [-0.39, 0.29) is 22.9 Å².